The number of carbonyl (C=O) groups is 1. The summed E-state index contributed by atoms with van der Waals surface area (Å²) in [4.78, 5) is 28.3. The molecule has 0 radical (unpaired) electrons. The molecule has 24 heavy (non-hydrogen) atoms. The third-order valence-corrected chi connectivity index (χ3v) is 4.40. The number of hydrogen-bond donors (Lipinski definition) is 1. The summed E-state index contributed by atoms with van der Waals surface area (Å²) >= 11 is 0. The summed E-state index contributed by atoms with van der Waals surface area (Å²) in [7, 11) is 0. The monoisotopic (exact) mass is 321 g/mol. The minimum atomic E-state index is 0.127. The lowest BCUT2D eigenvalue weighted by Gasteiger charge is -2.34. The summed E-state index contributed by atoms with van der Waals surface area (Å²) in [6.07, 6.45) is 5.44. The van der Waals surface area contributed by atoms with Crippen LogP contribution in [0.15, 0.2) is 42.9 Å². The second kappa shape index (κ2) is 6.05. The van der Waals surface area contributed by atoms with Crippen molar-refractivity contribution in [3.63, 3.8) is 0 Å². The number of fused-ring (bicyclic) bond motifs is 1. The quantitative estimate of drug-likeness (QED) is 0.802. The molecule has 1 fully saturated rings. The Bertz CT molecular complexity index is 883. The predicted molar refractivity (Wildman–Crippen MR) is 92.7 cm³/mol. The Kier molecular flexibility index (Phi) is 3.74. The second-order valence-corrected chi connectivity index (χ2v) is 6.12. The molecule has 1 aliphatic rings. The van der Waals surface area contributed by atoms with E-state index in [1.807, 2.05) is 48.5 Å². The van der Waals surface area contributed by atoms with Crippen LogP contribution in [0.2, 0.25) is 0 Å². The Morgan fingerprint density at radius 1 is 1.21 bits per heavy atom. The van der Waals surface area contributed by atoms with E-state index in [-0.39, 0.29) is 5.91 Å². The zero-order valence-corrected chi connectivity index (χ0v) is 13.6. The van der Waals surface area contributed by atoms with E-state index in [9.17, 15) is 4.79 Å². The van der Waals surface area contributed by atoms with Crippen molar-refractivity contribution in [2.45, 2.75) is 13.5 Å². The van der Waals surface area contributed by atoms with Gasteiger partial charge in [-0.15, -0.1) is 0 Å². The van der Waals surface area contributed by atoms with E-state index in [4.69, 9.17) is 0 Å². The summed E-state index contributed by atoms with van der Waals surface area (Å²) in [5.41, 5.74) is 2.02. The summed E-state index contributed by atoms with van der Waals surface area (Å²) in [5, 5.41) is 2.12. The number of rotatable bonds is 3. The normalized spacial score (nSPS) is 16.0. The summed E-state index contributed by atoms with van der Waals surface area (Å²) in [6.45, 7) is 4.60. The molecule has 1 saturated heterocycles. The number of hydrogen-bond acceptors (Lipinski definition) is 4. The molecule has 2 aromatic heterocycles. The lowest BCUT2D eigenvalue weighted by Crippen LogP contribution is -2.50. The number of nitrogens with zero attached hydrogens (tertiary/aromatic N) is 4. The number of benzene rings is 1. The van der Waals surface area contributed by atoms with Crippen LogP contribution in [-0.2, 0) is 11.3 Å². The van der Waals surface area contributed by atoms with Crippen molar-refractivity contribution in [2.24, 2.45) is 0 Å². The van der Waals surface area contributed by atoms with Crippen LogP contribution < -0.4 is 4.90 Å². The van der Waals surface area contributed by atoms with Crippen LogP contribution in [0, 0.1) is 6.92 Å². The molecule has 6 heteroatoms. The van der Waals surface area contributed by atoms with E-state index in [0.717, 1.165) is 41.1 Å². The molecule has 0 atom stereocenters. The highest BCUT2D eigenvalue weighted by Crippen LogP contribution is 2.27. The molecule has 1 amide bonds. The first-order valence-electron chi connectivity index (χ1n) is 8.06. The second-order valence-electron chi connectivity index (χ2n) is 6.12. The lowest BCUT2D eigenvalue weighted by molar-refractivity contribution is -0.121. The van der Waals surface area contributed by atoms with Crippen molar-refractivity contribution in [1.29, 1.82) is 0 Å². The topological polar surface area (TPSA) is 65.1 Å². The Labute approximate surface area is 140 Å². The van der Waals surface area contributed by atoms with Crippen LogP contribution in [0.4, 0.5) is 5.69 Å². The zero-order valence-electron chi connectivity index (χ0n) is 13.6. The van der Waals surface area contributed by atoms with Crippen LogP contribution in [0.1, 0.15) is 11.5 Å². The van der Waals surface area contributed by atoms with Gasteiger partial charge in [-0.2, -0.15) is 0 Å². The first-order chi connectivity index (χ1) is 11.7. The SMILES string of the molecule is Cc1ncc(CN2CCN(c3cccc4cnccc34)C(=O)C2)[nH]1. The van der Waals surface area contributed by atoms with Gasteiger partial charge < -0.3 is 9.88 Å². The van der Waals surface area contributed by atoms with Gasteiger partial charge in [0.05, 0.1) is 12.2 Å². The van der Waals surface area contributed by atoms with Crippen molar-refractivity contribution < 1.29 is 4.79 Å². The molecule has 1 aliphatic heterocycles. The third-order valence-electron chi connectivity index (χ3n) is 4.40. The zero-order chi connectivity index (χ0) is 16.5. The maximum absolute atomic E-state index is 12.7. The number of imidazole rings is 1. The number of nitrogens with one attached hydrogen (secondary N) is 1. The standard InChI is InChI=1S/C18H19N5O/c1-13-20-10-15(21-13)11-22-7-8-23(18(24)12-22)17-4-2-3-14-9-19-6-5-16(14)17/h2-6,9-10H,7-8,11-12H2,1H3,(H,20,21). The van der Waals surface area contributed by atoms with Crippen LogP contribution in [-0.4, -0.2) is 45.4 Å². The molecule has 4 rings (SSSR count). The van der Waals surface area contributed by atoms with Gasteiger partial charge in [-0.3, -0.25) is 14.7 Å². The number of piperazine rings is 1. The molecule has 6 nitrogen and oxygen atoms in total. The molecule has 1 aromatic carbocycles. The number of H-pyrrole nitrogens is 1. The van der Waals surface area contributed by atoms with E-state index in [1.165, 1.54) is 0 Å². The fourth-order valence-corrected chi connectivity index (χ4v) is 3.25. The summed E-state index contributed by atoms with van der Waals surface area (Å²) < 4.78 is 0. The van der Waals surface area contributed by atoms with Crippen molar-refractivity contribution in [2.75, 3.05) is 24.5 Å². The number of aromatic nitrogens is 3. The fourth-order valence-electron chi connectivity index (χ4n) is 3.25. The smallest absolute Gasteiger partial charge is 0.241 e. The number of pyridine rings is 1. The van der Waals surface area contributed by atoms with Gasteiger partial charge in [-0.1, -0.05) is 12.1 Å². The van der Waals surface area contributed by atoms with E-state index in [2.05, 4.69) is 19.9 Å². The molecule has 1 N–H and O–H groups in total. The largest absolute Gasteiger partial charge is 0.345 e. The lowest BCUT2D eigenvalue weighted by atomic mass is 10.1. The average Bonchev–Trinajstić information content (AvgIpc) is 3.00. The molecule has 3 heterocycles. The van der Waals surface area contributed by atoms with E-state index >= 15 is 0 Å². The van der Waals surface area contributed by atoms with Crippen molar-refractivity contribution in [3.8, 4) is 0 Å². The maximum Gasteiger partial charge on any atom is 0.241 e. The van der Waals surface area contributed by atoms with Crippen LogP contribution >= 0.6 is 0 Å². The highest BCUT2D eigenvalue weighted by atomic mass is 16.2. The molecule has 0 unspecified atom stereocenters. The number of carbonyl (C=O) groups excluding carboxylic acids is 1. The Morgan fingerprint density at radius 2 is 2.12 bits per heavy atom. The molecule has 0 bridgehead atoms. The maximum atomic E-state index is 12.7. The van der Waals surface area contributed by atoms with E-state index in [0.29, 0.717) is 13.1 Å². The average molecular weight is 321 g/mol. The van der Waals surface area contributed by atoms with Crippen LogP contribution in [0.5, 0.6) is 0 Å². The van der Waals surface area contributed by atoms with Crippen LogP contribution in [0.3, 0.4) is 0 Å². The Balaban J connectivity index is 1.53. The number of aromatic amines is 1. The number of aryl methyl sites for hydroxylation is 1. The molecule has 0 spiro atoms. The predicted octanol–water partition coefficient (Wildman–Crippen LogP) is 2.12. The first-order valence-corrected chi connectivity index (χ1v) is 8.06. The van der Waals surface area contributed by atoms with Gasteiger partial charge in [-0.05, 0) is 19.1 Å². The van der Waals surface area contributed by atoms with E-state index in [1.54, 1.807) is 6.20 Å². The molecule has 122 valence electrons. The Hall–Kier alpha value is -2.73. The number of anilines is 1. The van der Waals surface area contributed by atoms with Gasteiger partial charge in [0.1, 0.15) is 5.82 Å². The highest BCUT2D eigenvalue weighted by Gasteiger charge is 2.26. The van der Waals surface area contributed by atoms with Crippen molar-refractivity contribution >= 4 is 22.4 Å². The fraction of sp³-hybridized carbons (Fsp3) is 0.278. The van der Waals surface area contributed by atoms with E-state index < -0.39 is 0 Å². The van der Waals surface area contributed by atoms with Crippen molar-refractivity contribution in [3.05, 3.63) is 54.4 Å². The first kappa shape index (κ1) is 14.8. The number of amides is 1. The van der Waals surface area contributed by atoms with Gasteiger partial charge in [-0.25, -0.2) is 4.98 Å². The van der Waals surface area contributed by atoms with Gasteiger partial charge in [0.15, 0.2) is 0 Å². The highest BCUT2D eigenvalue weighted by molar-refractivity contribution is 6.04. The molecular formula is C18H19N5O. The molecule has 3 aromatic rings. The van der Waals surface area contributed by atoms with Gasteiger partial charge in [0.25, 0.3) is 0 Å². The van der Waals surface area contributed by atoms with Gasteiger partial charge >= 0.3 is 0 Å². The Morgan fingerprint density at radius 3 is 2.92 bits per heavy atom. The third kappa shape index (κ3) is 2.76. The molecular weight excluding hydrogens is 302 g/mol. The summed E-state index contributed by atoms with van der Waals surface area (Å²) in [5.74, 6) is 1.03. The van der Waals surface area contributed by atoms with Crippen molar-refractivity contribution in [1.82, 2.24) is 19.9 Å². The molecule has 0 saturated carbocycles. The molecule has 0 aliphatic carbocycles. The summed E-state index contributed by atoms with van der Waals surface area (Å²) in [6, 6.07) is 7.98. The van der Waals surface area contributed by atoms with Gasteiger partial charge in [0, 0.05) is 54.7 Å². The minimum Gasteiger partial charge on any atom is -0.345 e. The van der Waals surface area contributed by atoms with Crippen LogP contribution in [0.25, 0.3) is 10.8 Å². The van der Waals surface area contributed by atoms with Gasteiger partial charge in [0.2, 0.25) is 5.91 Å². The minimum absolute atomic E-state index is 0.127.